The van der Waals surface area contributed by atoms with Crippen LogP contribution in [0.3, 0.4) is 0 Å². The van der Waals surface area contributed by atoms with E-state index in [1.165, 1.54) is 11.3 Å². The van der Waals surface area contributed by atoms with Gasteiger partial charge in [0.1, 0.15) is 0 Å². The molecule has 1 aromatic heterocycles. The second kappa shape index (κ2) is 6.38. The van der Waals surface area contributed by atoms with E-state index in [0.717, 1.165) is 13.1 Å². The molecule has 1 aromatic rings. The Labute approximate surface area is 111 Å². The third kappa shape index (κ3) is 4.66. The highest BCUT2D eigenvalue weighted by atomic mass is 35.5. The average molecular weight is 261 g/mol. The Morgan fingerprint density at radius 1 is 1.47 bits per heavy atom. The van der Waals surface area contributed by atoms with Crippen LogP contribution in [-0.4, -0.2) is 34.8 Å². The highest BCUT2D eigenvalue weighted by molar-refractivity contribution is 5.85. The van der Waals surface area contributed by atoms with Gasteiger partial charge in [-0.3, -0.25) is 4.68 Å². The topological polar surface area (TPSA) is 47.1 Å². The Kier molecular flexibility index (Phi) is 6.16. The van der Waals surface area contributed by atoms with Crippen LogP contribution in [0.1, 0.15) is 25.1 Å². The predicted octanol–water partition coefficient (Wildman–Crippen LogP) is 1.57. The molecule has 0 atom stereocenters. The van der Waals surface area contributed by atoms with Gasteiger partial charge in [-0.25, -0.2) is 0 Å². The monoisotopic (exact) mass is 260 g/mol. The van der Waals surface area contributed by atoms with Crippen LogP contribution < -0.4 is 5.73 Å². The molecule has 4 nitrogen and oxygen atoms in total. The van der Waals surface area contributed by atoms with E-state index < -0.39 is 0 Å². The molecular formula is C12H25ClN4. The van der Waals surface area contributed by atoms with Crippen LogP contribution in [0.2, 0.25) is 0 Å². The minimum atomic E-state index is 0. The smallest absolute Gasteiger partial charge is 0.0537 e. The molecule has 17 heavy (non-hydrogen) atoms. The fourth-order valence-electron chi connectivity index (χ4n) is 1.84. The minimum Gasteiger partial charge on any atom is -0.330 e. The summed E-state index contributed by atoms with van der Waals surface area (Å²) in [7, 11) is 4.10. The van der Waals surface area contributed by atoms with Crippen molar-refractivity contribution in [1.82, 2.24) is 14.7 Å². The summed E-state index contributed by atoms with van der Waals surface area (Å²) in [5, 5.41) is 4.25. The SMILES string of the molecule is Cc1c(CN(C)CC(C)(C)CN)cnn1C.Cl. The lowest BCUT2D eigenvalue weighted by molar-refractivity contribution is 0.209. The first-order valence-electron chi connectivity index (χ1n) is 5.72. The number of nitrogens with two attached hydrogens (primary N) is 1. The molecule has 0 unspecified atom stereocenters. The number of rotatable bonds is 5. The van der Waals surface area contributed by atoms with Gasteiger partial charge in [0.25, 0.3) is 0 Å². The van der Waals surface area contributed by atoms with Gasteiger partial charge in [-0.1, -0.05) is 13.8 Å². The Balaban J connectivity index is 0.00000256. The van der Waals surface area contributed by atoms with Gasteiger partial charge in [-0.05, 0) is 25.9 Å². The zero-order valence-electron chi connectivity index (χ0n) is 11.5. The number of aromatic nitrogens is 2. The number of hydrogen-bond acceptors (Lipinski definition) is 3. The summed E-state index contributed by atoms with van der Waals surface area (Å²) in [4.78, 5) is 2.30. The summed E-state index contributed by atoms with van der Waals surface area (Å²) >= 11 is 0. The Hall–Kier alpha value is -0.580. The molecule has 5 heteroatoms. The molecule has 0 aliphatic heterocycles. The van der Waals surface area contributed by atoms with Crippen LogP contribution in [0, 0.1) is 12.3 Å². The molecule has 0 aromatic carbocycles. The van der Waals surface area contributed by atoms with Crippen molar-refractivity contribution in [3.05, 3.63) is 17.5 Å². The molecular weight excluding hydrogens is 236 g/mol. The first kappa shape index (κ1) is 16.4. The van der Waals surface area contributed by atoms with E-state index in [9.17, 15) is 0 Å². The van der Waals surface area contributed by atoms with E-state index in [0.29, 0.717) is 6.54 Å². The summed E-state index contributed by atoms with van der Waals surface area (Å²) in [6.07, 6.45) is 1.95. The maximum Gasteiger partial charge on any atom is 0.0537 e. The molecule has 0 amide bonds. The Morgan fingerprint density at radius 2 is 2.06 bits per heavy atom. The highest BCUT2D eigenvalue weighted by Crippen LogP contribution is 2.16. The molecule has 2 N–H and O–H groups in total. The Bertz CT molecular complexity index is 346. The van der Waals surface area contributed by atoms with E-state index in [-0.39, 0.29) is 17.8 Å². The molecule has 1 rings (SSSR count). The number of nitrogens with zero attached hydrogens (tertiary/aromatic N) is 3. The first-order valence-corrected chi connectivity index (χ1v) is 5.72. The minimum absolute atomic E-state index is 0. The third-order valence-corrected chi connectivity index (χ3v) is 3.03. The second-order valence-electron chi connectivity index (χ2n) is 5.42. The van der Waals surface area contributed by atoms with Crippen molar-refractivity contribution in [2.45, 2.75) is 27.3 Å². The number of halogens is 1. The van der Waals surface area contributed by atoms with Gasteiger partial charge < -0.3 is 10.6 Å². The lowest BCUT2D eigenvalue weighted by atomic mass is 9.93. The van der Waals surface area contributed by atoms with Gasteiger partial charge in [0.15, 0.2) is 0 Å². The van der Waals surface area contributed by atoms with Gasteiger partial charge in [0.2, 0.25) is 0 Å². The lowest BCUT2D eigenvalue weighted by Crippen LogP contribution is -2.36. The van der Waals surface area contributed by atoms with Gasteiger partial charge in [-0.15, -0.1) is 12.4 Å². The summed E-state index contributed by atoms with van der Waals surface area (Å²) in [5.74, 6) is 0. The van der Waals surface area contributed by atoms with Crippen molar-refractivity contribution in [2.24, 2.45) is 18.2 Å². The van der Waals surface area contributed by atoms with E-state index in [1.54, 1.807) is 0 Å². The highest BCUT2D eigenvalue weighted by Gasteiger charge is 2.18. The van der Waals surface area contributed by atoms with Crippen molar-refractivity contribution in [1.29, 1.82) is 0 Å². The average Bonchev–Trinajstić information content (AvgIpc) is 2.49. The van der Waals surface area contributed by atoms with Crippen molar-refractivity contribution in [3.63, 3.8) is 0 Å². The normalized spacial score (nSPS) is 11.7. The summed E-state index contributed by atoms with van der Waals surface area (Å²) in [6, 6.07) is 0. The van der Waals surface area contributed by atoms with Crippen molar-refractivity contribution in [3.8, 4) is 0 Å². The number of hydrogen-bond donors (Lipinski definition) is 1. The summed E-state index contributed by atoms with van der Waals surface area (Å²) < 4.78 is 1.91. The van der Waals surface area contributed by atoms with Crippen LogP contribution in [0.25, 0.3) is 0 Å². The first-order chi connectivity index (χ1) is 7.35. The van der Waals surface area contributed by atoms with E-state index in [2.05, 4.69) is 37.8 Å². The predicted molar refractivity (Wildman–Crippen MR) is 74.4 cm³/mol. The van der Waals surface area contributed by atoms with Crippen LogP contribution in [0.4, 0.5) is 0 Å². The molecule has 0 bridgehead atoms. The van der Waals surface area contributed by atoms with Gasteiger partial charge in [0.05, 0.1) is 6.20 Å². The van der Waals surface area contributed by atoms with Crippen LogP contribution in [-0.2, 0) is 13.6 Å². The van der Waals surface area contributed by atoms with Crippen LogP contribution in [0.5, 0.6) is 0 Å². The second-order valence-corrected chi connectivity index (χ2v) is 5.42. The van der Waals surface area contributed by atoms with Crippen LogP contribution >= 0.6 is 12.4 Å². The molecule has 100 valence electrons. The standard InChI is InChI=1S/C12H24N4.ClH/c1-10-11(6-14-16(10)5)7-15(4)9-12(2,3)8-13;/h6H,7-9,13H2,1-5H3;1H. The van der Waals surface area contributed by atoms with E-state index >= 15 is 0 Å². The Morgan fingerprint density at radius 3 is 2.47 bits per heavy atom. The molecule has 0 saturated carbocycles. The van der Waals surface area contributed by atoms with Crippen LogP contribution in [0.15, 0.2) is 6.20 Å². The maximum atomic E-state index is 5.74. The fourth-order valence-corrected chi connectivity index (χ4v) is 1.84. The largest absolute Gasteiger partial charge is 0.330 e. The van der Waals surface area contributed by atoms with E-state index in [1.807, 2.05) is 17.9 Å². The zero-order valence-corrected chi connectivity index (χ0v) is 12.3. The zero-order chi connectivity index (χ0) is 12.3. The van der Waals surface area contributed by atoms with Gasteiger partial charge >= 0.3 is 0 Å². The molecule has 0 aliphatic rings. The van der Waals surface area contributed by atoms with Crippen molar-refractivity contribution in [2.75, 3.05) is 20.1 Å². The quantitative estimate of drug-likeness (QED) is 0.874. The number of aryl methyl sites for hydroxylation is 1. The molecule has 0 aliphatic carbocycles. The summed E-state index contributed by atoms with van der Waals surface area (Å²) in [6.45, 7) is 9.13. The van der Waals surface area contributed by atoms with E-state index in [4.69, 9.17) is 5.73 Å². The molecule has 0 spiro atoms. The van der Waals surface area contributed by atoms with Gasteiger partial charge in [-0.2, -0.15) is 5.10 Å². The molecule has 1 heterocycles. The fraction of sp³-hybridized carbons (Fsp3) is 0.750. The van der Waals surface area contributed by atoms with Gasteiger partial charge in [0, 0.05) is 31.4 Å². The third-order valence-electron chi connectivity index (χ3n) is 3.03. The molecule has 0 radical (unpaired) electrons. The molecule has 0 saturated heterocycles. The lowest BCUT2D eigenvalue weighted by Gasteiger charge is -2.28. The van der Waals surface area contributed by atoms with Crippen molar-refractivity contribution < 1.29 is 0 Å². The maximum absolute atomic E-state index is 5.74. The van der Waals surface area contributed by atoms with Crippen molar-refractivity contribution >= 4 is 12.4 Å². The summed E-state index contributed by atoms with van der Waals surface area (Å²) in [5.41, 5.74) is 8.43. The molecule has 0 fully saturated rings.